The number of anilines is 1. The van der Waals surface area contributed by atoms with Gasteiger partial charge in [-0.3, -0.25) is 4.79 Å². The Morgan fingerprint density at radius 3 is 2.90 bits per heavy atom. The van der Waals surface area contributed by atoms with E-state index in [4.69, 9.17) is 11.6 Å². The molecule has 4 heteroatoms. The first-order valence-electron chi connectivity index (χ1n) is 7.09. The number of hydrogen-bond donors (Lipinski definition) is 2. The maximum absolute atomic E-state index is 12.0. The van der Waals surface area contributed by atoms with Crippen molar-refractivity contribution in [2.45, 2.75) is 18.9 Å². The molecule has 108 valence electrons. The maximum Gasteiger partial charge on any atom is 0.238 e. The normalized spacial score (nSPS) is 16.5. The van der Waals surface area contributed by atoms with Crippen LogP contribution in [-0.4, -0.2) is 12.5 Å². The molecule has 1 atom stereocenters. The third-order valence-corrected chi connectivity index (χ3v) is 3.99. The minimum Gasteiger partial charge on any atom is -0.325 e. The van der Waals surface area contributed by atoms with Crippen LogP contribution in [0.2, 0.25) is 5.02 Å². The summed E-state index contributed by atoms with van der Waals surface area (Å²) in [6.45, 7) is 0.297. The molecule has 0 aliphatic heterocycles. The molecule has 0 aromatic heterocycles. The number of hydrogen-bond acceptors (Lipinski definition) is 2. The average Bonchev–Trinajstić information content (AvgIpc) is 2.88. The summed E-state index contributed by atoms with van der Waals surface area (Å²) in [6, 6.07) is 15.8. The molecular formula is C17H17ClN2O. The largest absolute Gasteiger partial charge is 0.325 e. The first-order chi connectivity index (χ1) is 10.2. The van der Waals surface area contributed by atoms with Crippen molar-refractivity contribution in [2.75, 3.05) is 11.9 Å². The van der Waals surface area contributed by atoms with Crippen LogP contribution in [-0.2, 0) is 11.2 Å². The third-order valence-electron chi connectivity index (χ3n) is 3.75. The minimum atomic E-state index is -0.0540. The van der Waals surface area contributed by atoms with Crippen molar-refractivity contribution >= 4 is 23.2 Å². The van der Waals surface area contributed by atoms with E-state index in [0.29, 0.717) is 11.6 Å². The van der Waals surface area contributed by atoms with E-state index >= 15 is 0 Å². The van der Waals surface area contributed by atoms with E-state index < -0.39 is 0 Å². The van der Waals surface area contributed by atoms with E-state index in [1.165, 1.54) is 11.1 Å². The number of fused-ring (bicyclic) bond motifs is 1. The van der Waals surface area contributed by atoms with Crippen LogP contribution >= 0.6 is 11.6 Å². The van der Waals surface area contributed by atoms with E-state index in [-0.39, 0.29) is 11.9 Å². The van der Waals surface area contributed by atoms with Gasteiger partial charge in [-0.15, -0.1) is 0 Å². The molecule has 21 heavy (non-hydrogen) atoms. The van der Waals surface area contributed by atoms with E-state index in [9.17, 15) is 4.79 Å². The molecule has 0 saturated carbocycles. The molecule has 1 unspecified atom stereocenters. The van der Waals surface area contributed by atoms with Crippen molar-refractivity contribution in [3.05, 3.63) is 64.7 Å². The predicted octanol–water partition coefficient (Wildman–Crippen LogP) is 3.56. The number of rotatable bonds is 4. The summed E-state index contributed by atoms with van der Waals surface area (Å²) in [5.41, 5.74) is 3.42. The molecule has 1 aliphatic rings. The van der Waals surface area contributed by atoms with Gasteiger partial charge >= 0.3 is 0 Å². The second-order valence-electron chi connectivity index (χ2n) is 5.23. The molecule has 3 nitrogen and oxygen atoms in total. The molecule has 0 bridgehead atoms. The monoisotopic (exact) mass is 300 g/mol. The highest BCUT2D eigenvalue weighted by atomic mass is 35.5. The van der Waals surface area contributed by atoms with Gasteiger partial charge in [0.1, 0.15) is 0 Å². The fraction of sp³-hybridized carbons (Fsp3) is 0.235. The van der Waals surface area contributed by atoms with Crippen molar-refractivity contribution in [2.24, 2.45) is 0 Å². The van der Waals surface area contributed by atoms with Crippen molar-refractivity contribution in [1.82, 2.24) is 5.32 Å². The van der Waals surface area contributed by atoms with E-state index in [1.807, 2.05) is 18.2 Å². The molecule has 0 spiro atoms. The number of halogens is 1. The Labute approximate surface area is 129 Å². The minimum absolute atomic E-state index is 0.0540. The van der Waals surface area contributed by atoms with Crippen LogP contribution in [0.15, 0.2) is 48.5 Å². The van der Waals surface area contributed by atoms with Crippen molar-refractivity contribution in [3.63, 3.8) is 0 Å². The highest BCUT2D eigenvalue weighted by Gasteiger charge is 2.21. The van der Waals surface area contributed by atoms with Gasteiger partial charge in [0.05, 0.1) is 6.54 Å². The molecule has 0 saturated heterocycles. The lowest BCUT2D eigenvalue weighted by Gasteiger charge is -2.14. The number of amides is 1. The van der Waals surface area contributed by atoms with Gasteiger partial charge in [0, 0.05) is 16.8 Å². The van der Waals surface area contributed by atoms with Crippen LogP contribution in [0.4, 0.5) is 5.69 Å². The lowest BCUT2D eigenvalue weighted by atomic mass is 10.1. The first kappa shape index (κ1) is 14.1. The van der Waals surface area contributed by atoms with Crippen molar-refractivity contribution < 1.29 is 4.79 Å². The Hall–Kier alpha value is -1.84. The van der Waals surface area contributed by atoms with Crippen molar-refractivity contribution in [1.29, 1.82) is 0 Å². The third kappa shape index (κ3) is 3.43. The lowest BCUT2D eigenvalue weighted by molar-refractivity contribution is -0.115. The molecule has 0 fully saturated rings. The van der Waals surface area contributed by atoms with Gasteiger partial charge in [-0.2, -0.15) is 0 Å². The Balaban J connectivity index is 1.55. The molecule has 0 radical (unpaired) electrons. The maximum atomic E-state index is 12.0. The van der Waals surface area contributed by atoms with Gasteiger partial charge in [0.25, 0.3) is 0 Å². The number of carbonyl (C=O) groups excluding carboxylic acids is 1. The predicted molar refractivity (Wildman–Crippen MR) is 85.6 cm³/mol. The Bertz CT molecular complexity index is 657. The second-order valence-corrected chi connectivity index (χ2v) is 5.67. The zero-order chi connectivity index (χ0) is 14.7. The number of aryl methyl sites for hydroxylation is 1. The Kier molecular flexibility index (Phi) is 4.23. The van der Waals surface area contributed by atoms with Crippen LogP contribution in [0.5, 0.6) is 0 Å². The SMILES string of the molecule is O=C(CNC1CCc2ccccc21)Nc1cccc(Cl)c1. The number of nitrogens with one attached hydrogen (secondary N) is 2. The van der Waals surface area contributed by atoms with Gasteiger partial charge in [-0.05, 0) is 42.2 Å². The van der Waals surface area contributed by atoms with Crippen LogP contribution in [0.25, 0.3) is 0 Å². The molecule has 1 amide bonds. The van der Waals surface area contributed by atoms with E-state index in [1.54, 1.807) is 12.1 Å². The van der Waals surface area contributed by atoms with Gasteiger partial charge in [-0.1, -0.05) is 41.9 Å². The zero-order valence-corrected chi connectivity index (χ0v) is 12.4. The molecule has 2 N–H and O–H groups in total. The standard InChI is InChI=1S/C17H17ClN2O/c18-13-5-3-6-14(10-13)20-17(21)11-19-16-9-8-12-4-1-2-7-15(12)16/h1-7,10,16,19H,8-9,11H2,(H,20,21). The molecule has 0 heterocycles. The quantitative estimate of drug-likeness (QED) is 0.906. The van der Waals surface area contributed by atoms with Gasteiger partial charge in [0.2, 0.25) is 5.91 Å². The topological polar surface area (TPSA) is 41.1 Å². The van der Waals surface area contributed by atoms with Crippen LogP contribution in [0.1, 0.15) is 23.6 Å². The van der Waals surface area contributed by atoms with E-state index in [2.05, 4.69) is 28.8 Å². The highest BCUT2D eigenvalue weighted by Crippen LogP contribution is 2.30. The number of benzene rings is 2. The molecule has 2 aromatic rings. The molecule has 1 aliphatic carbocycles. The van der Waals surface area contributed by atoms with E-state index in [0.717, 1.165) is 18.5 Å². The van der Waals surface area contributed by atoms with Crippen LogP contribution in [0.3, 0.4) is 0 Å². The summed E-state index contributed by atoms with van der Waals surface area (Å²) in [5, 5.41) is 6.79. The summed E-state index contributed by atoms with van der Waals surface area (Å²) in [5.74, 6) is -0.0540. The smallest absolute Gasteiger partial charge is 0.238 e. The summed E-state index contributed by atoms with van der Waals surface area (Å²) >= 11 is 5.90. The van der Waals surface area contributed by atoms with Gasteiger partial charge in [-0.25, -0.2) is 0 Å². The van der Waals surface area contributed by atoms with Crippen LogP contribution < -0.4 is 10.6 Å². The number of carbonyl (C=O) groups is 1. The highest BCUT2D eigenvalue weighted by molar-refractivity contribution is 6.30. The fourth-order valence-corrected chi connectivity index (χ4v) is 2.95. The Morgan fingerprint density at radius 2 is 2.05 bits per heavy atom. The van der Waals surface area contributed by atoms with Crippen molar-refractivity contribution in [3.8, 4) is 0 Å². The Morgan fingerprint density at radius 1 is 1.19 bits per heavy atom. The van der Waals surface area contributed by atoms with Crippen LogP contribution in [0, 0.1) is 0 Å². The van der Waals surface area contributed by atoms with Gasteiger partial charge in [0.15, 0.2) is 0 Å². The molecular weight excluding hydrogens is 284 g/mol. The lowest BCUT2D eigenvalue weighted by Crippen LogP contribution is -2.30. The summed E-state index contributed by atoms with van der Waals surface area (Å²) in [6.07, 6.45) is 2.12. The summed E-state index contributed by atoms with van der Waals surface area (Å²) in [4.78, 5) is 12.0. The summed E-state index contributed by atoms with van der Waals surface area (Å²) in [7, 11) is 0. The second kappa shape index (κ2) is 6.29. The summed E-state index contributed by atoms with van der Waals surface area (Å²) < 4.78 is 0. The molecule has 2 aromatic carbocycles. The fourth-order valence-electron chi connectivity index (χ4n) is 2.76. The average molecular weight is 301 g/mol. The first-order valence-corrected chi connectivity index (χ1v) is 7.47. The molecule has 3 rings (SSSR count). The van der Waals surface area contributed by atoms with Gasteiger partial charge < -0.3 is 10.6 Å². The zero-order valence-electron chi connectivity index (χ0n) is 11.6.